The van der Waals surface area contributed by atoms with Gasteiger partial charge in [0.1, 0.15) is 12.2 Å². The number of fused-ring (bicyclic) bond motifs is 3. The van der Waals surface area contributed by atoms with Gasteiger partial charge >= 0.3 is 0 Å². The SMILES string of the molecule is COc1cc(CO)cc2c1OC1C2C(C(=O)NCCO)=CC(N(C(=O)CC2CCCC2)C2CCCCCC2)C1O. The molecule has 4 atom stereocenters. The first-order valence-corrected chi connectivity index (χ1v) is 15.0. The van der Waals surface area contributed by atoms with Crippen molar-refractivity contribution in [2.75, 3.05) is 20.3 Å². The van der Waals surface area contributed by atoms with Crippen molar-refractivity contribution in [3.8, 4) is 11.5 Å². The fraction of sp³-hybridized carbons (Fsp3) is 0.677. The molecule has 9 heteroatoms. The van der Waals surface area contributed by atoms with Gasteiger partial charge < -0.3 is 35.0 Å². The van der Waals surface area contributed by atoms with E-state index in [4.69, 9.17) is 9.47 Å². The number of nitrogens with zero attached hydrogens (tertiary/aromatic N) is 1. The van der Waals surface area contributed by atoms with Crippen LogP contribution in [-0.2, 0) is 16.2 Å². The lowest BCUT2D eigenvalue weighted by molar-refractivity contribution is -0.142. The Kier molecular flexibility index (Phi) is 9.33. The van der Waals surface area contributed by atoms with Gasteiger partial charge in [0.05, 0.1) is 32.3 Å². The van der Waals surface area contributed by atoms with Crippen molar-refractivity contribution >= 4 is 11.8 Å². The summed E-state index contributed by atoms with van der Waals surface area (Å²) in [5.74, 6) is 0.291. The van der Waals surface area contributed by atoms with Crippen LogP contribution in [0.5, 0.6) is 11.5 Å². The zero-order chi connectivity index (χ0) is 28.2. The molecule has 5 rings (SSSR count). The van der Waals surface area contributed by atoms with E-state index in [0.29, 0.717) is 40.5 Å². The molecule has 40 heavy (non-hydrogen) atoms. The van der Waals surface area contributed by atoms with Gasteiger partial charge in [-0.05, 0) is 55.4 Å². The summed E-state index contributed by atoms with van der Waals surface area (Å²) >= 11 is 0. The number of hydrogen-bond donors (Lipinski definition) is 4. The second-order valence-corrected chi connectivity index (χ2v) is 11.8. The Labute approximate surface area is 236 Å². The molecule has 220 valence electrons. The Balaban J connectivity index is 1.57. The van der Waals surface area contributed by atoms with Crippen molar-refractivity contribution in [2.24, 2.45) is 5.92 Å². The Hall–Kier alpha value is -2.62. The monoisotopic (exact) mass is 556 g/mol. The average molecular weight is 557 g/mol. The van der Waals surface area contributed by atoms with Gasteiger partial charge in [-0.3, -0.25) is 9.59 Å². The molecule has 0 bridgehead atoms. The molecule has 1 heterocycles. The summed E-state index contributed by atoms with van der Waals surface area (Å²) in [5, 5.41) is 34.0. The van der Waals surface area contributed by atoms with Crippen LogP contribution >= 0.6 is 0 Å². The van der Waals surface area contributed by atoms with Crippen molar-refractivity contribution in [3.05, 3.63) is 34.9 Å². The number of carbonyl (C=O) groups is 2. The molecule has 0 saturated heterocycles. The molecule has 2 amide bonds. The third-order valence-electron chi connectivity index (χ3n) is 9.26. The molecule has 4 N–H and O–H groups in total. The molecule has 1 aromatic rings. The van der Waals surface area contributed by atoms with Crippen molar-refractivity contribution in [1.82, 2.24) is 10.2 Å². The van der Waals surface area contributed by atoms with Crippen LogP contribution in [0.1, 0.15) is 87.7 Å². The quantitative estimate of drug-likeness (QED) is 0.344. The Bertz CT molecular complexity index is 1090. The van der Waals surface area contributed by atoms with E-state index in [1.807, 2.05) is 4.90 Å². The lowest BCUT2D eigenvalue weighted by Gasteiger charge is -2.44. The Morgan fingerprint density at radius 1 is 1.05 bits per heavy atom. The number of rotatable bonds is 9. The zero-order valence-corrected chi connectivity index (χ0v) is 23.5. The summed E-state index contributed by atoms with van der Waals surface area (Å²) < 4.78 is 11.9. The minimum atomic E-state index is -1.06. The first kappa shape index (κ1) is 28.9. The van der Waals surface area contributed by atoms with Crippen LogP contribution in [0.15, 0.2) is 23.8 Å². The summed E-state index contributed by atoms with van der Waals surface area (Å²) in [7, 11) is 1.52. The number of hydrogen-bond acceptors (Lipinski definition) is 7. The Morgan fingerprint density at radius 3 is 2.40 bits per heavy atom. The molecule has 3 aliphatic carbocycles. The maximum absolute atomic E-state index is 14.1. The molecule has 0 spiro atoms. The van der Waals surface area contributed by atoms with Gasteiger partial charge in [0.25, 0.3) is 0 Å². The number of carbonyl (C=O) groups excluding carboxylic acids is 2. The van der Waals surface area contributed by atoms with Gasteiger partial charge in [0, 0.05) is 30.1 Å². The highest BCUT2D eigenvalue weighted by Gasteiger charge is 2.52. The predicted molar refractivity (Wildman–Crippen MR) is 149 cm³/mol. The number of ether oxygens (including phenoxy) is 2. The first-order valence-electron chi connectivity index (χ1n) is 15.0. The summed E-state index contributed by atoms with van der Waals surface area (Å²) in [4.78, 5) is 29.5. The minimum absolute atomic E-state index is 0.00934. The van der Waals surface area contributed by atoms with Crippen LogP contribution in [0, 0.1) is 5.92 Å². The maximum atomic E-state index is 14.1. The summed E-state index contributed by atoms with van der Waals surface area (Å²) in [5.41, 5.74) is 1.67. The normalized spacial score (nSPS) is 26.8. The smallest absolute Gasteiger partial charge is 0.247 e. The summed E-state index contributed by atoms with van der Waals surface area (Å²) in [6.07, 6.45) is 10.8. The largest absolute Gasteiger partial charge is 0.493 e. The molecule has 4 aliphatic rings. The van der Waals surface area contributed by atoms with Crippen LogP contribution in [0.25, 0.3) is 0 Å². The van der Waals surface area contributed by atoms with Crippen LogP contribution < -0.4 is 14.8 Å². The second-order valence-electron chi connectivity index (χ2n) is 11.8. The van der Waals surface area contributed by atoms with E-state index in [1.165, 1.54) is 7.11 Å². The molecule has 0 aromatic heterocycles. The van der Waals surface area contributed by atoms with Crippen molar-refractivity contribution in [1.29, 1.82) is 0 Å². The van der Waals surface area contributed by atoms with E-state index in [-0.39, 0.29) is 37.6 Å². The number of amides is 2. The highest BCUT2D eigenvalue weighted by Crippen LogP contribution is 2.52. The van der Waals surface area contributed by atoms with E-state index >= 15 is 0 Å². The van der Waals surface area contributed by atoms with Gasteiger partial charge in [-0.15, -0.1) is 0 Å². The average Bonchev–Trinajstić information content (AvgIpc) is 3.53. The van der Waals surface area contributed by atoms with E-state index < -0.39 is 24.2 Å². The van der Waals surface area contributed by atoms with Crippen LogP contribution in [0.2, 0.25) is 0 Å². The number of nitrogens with one attached hydrogen (secondary N) is 1. The van der Waals surface area contributed by atoms with Crippen molar-refractivity contribution in [2.45, 2.75) is 107 Å². The third-order valence-corrected chi connectivity index (χ3v) is 9.26. The van der Waals surface area contributed by atoms with Gasteiger partial charge in [-0.1, -0.05) is 38.5 Å². The fourth-order valence-corrected chi connectivity index (χ4v) is 7.31. The van der Waals surface area contributed by atoms with Crippen LogP contribution in [0.4, 0.5) is 0 Å². The fourth-order valence-electron chi connectivity index (χ4n) is 7.31. The van der Waals surface area contributed by atoms with E-state index in [1.54, 1.807) is 18.2 Å². The molecule has 1 aliphatic heterocycles. The van der Waals surface area contributed by atoms with E-state index in [2.05, 4.69) is 5.32 Å². The Morgan fingerprint density at radius 2 is 1.75 bits per heavy atom. The lowest BCUT2D eigenvalue weighted by atomic mass is 9.76. The zero-order valence-electron chi connectivity index (χ0n) is 23.5. The minimum Gasteiger partial charge on any atom is -0.493 e. The van der Waals surface area contributed by atoms with Gasteiger partial charge in [-0.2, -0.15) is 0 Å². The van der Waals surface area contributed by atoms with E-state index in [9.17, 15) is 24.9 Å². The molecule has 1 aromatic carbocycles. The van der Waals surface area contributed by atoms with Crippen LogP contribution in [-0.4, -0.2) is 76.6 Å². The van der Waals surface area contributed by atoms with Gasteiger partial charge in [-0.25, -0.2) is 0 Å². The second kappa shape index (κ2) is 12.9. The molecule has 0 radical (unpaired) electrons. The number of aliphatic hydroxyl groups is 3. The summed E-state index contributed by atoms with van der Waals surface area (Å²) in [6.45, 7) is -0.336. The van der Waals surface area contributed by atoms with Crippen molar-refractivity contribution in [3.63, 3.8) is 0 Å². The maximum Gasteiger partial charge on any atom is 0.247 e. The molecule has 2 saturated carbocycles. The molecule has 2 fully saturated rings. The number of aliphatic hydroxyl groups excluding tert-OH is 3. The first-order chi connectivity index (χ1) is 19.5. The molecular weight excluding hydrogens is 512 g/mol. The van der Waals surface area contributed by atoms with Gasteiger partial charge in [0.2, 0.25) is 11.8 Å². The topological polar surface area (TPSA) is 129 Å². The van der Waals surface area contributed by atoms with E-state index in [0.717, 1.165) is 64.2 Å². The highest BCUT2D eigenvalue weighted by molar-refractivity contribution is 5.96. The highest BCUT2D eigenvalue weighted by atomic mass is 16.5. The van der Waals surface area contributed by atoms with Gasteiger partial charge in [0.15, 0.2) is 11.5 Å². The standard InChI is InChI=1S/C31H44N2O7/c1-39-25-15-20(18-35)14-22-27-23(31(38)32-12-13-34)17-24(28(37)30(27)40-29(22)25)33(21-10-4-2-3-5-11-21)26(36)16-19-8-6-7-9-19/h14-15,17,19,21,24,27-28,30,34-35,37H,2-13,16,18H2,1H3,(H,32,38). The molecular formula is C31H44N2O7. The van der Waals surface area contributed by atoms with Crippen molar-refractivity contribution < 1.29 is 34.4 Å². The van der Waals surface area contributed by atoms with Crippen LogP contribution in [0.3, 0.4) is 0 Å². The lowest BCUT2D eigenvalue weighted by Crippen LogP contribution is -2.58. The number of benzene rings is 1. The molecule has 9 nitrogen and oxygen atoms in total. The predicted octanol–water partition coefficient (Wildman–Crippen LogP) is 2.94. The third kappa shape index (κ3) is 5.74. The number of methoxy groups -OCH3 is 1. The summed E-state index contributed by atoms with van der Waals surface area (Å²) in [6, 6.07) is 2.76. The molecule has 4 unspecified atom stereocenters.